The zero-order chi connectivity index (χ0) is 18.7. The van der Waals surface area contributed by atoms with Gasteiger partial charge in [-0.05, 0) is 29.8 Å². The summed E-state index contributed by atoms with van der Waals surface area (Å²) in [7, 11) is 0. The summed E-state index contributed by atoms with van der Waals surface area (Å²) >= 11 is 7.46. The zero-order valence-electron chi connectivity index (χ0n) is 13.3. The van der Waals surface area contributed by atoms with E-state index >= 15 is 0 Å². The molecule has 3 rings (SSSR count). The number of urea groups is 1. The standard InChI is InChI=1S/C17H14ClF3N2O2S/c18-12-7-5-11(6-8-12)15-23(9-10-26-15)16(24)22-13-3-1-2-4-14(13)25-17(19,20)21/h1-8,15H,9-10H2,(H,22,24). The first-order valence-corrected chi connectivity index (χ1v) is 9.05. The van der Waals surface area contributed by atoms with Crippen molar-refractivity contribution in [2.75, 3.05) is 17.6 Å². The van der Waals surface area contributed by atoms with Crippen LogP contribution in [0.25, 0.3) is 0 Å². The number of para-hydroxylation sites is 2. The van der Waals surface area contributed by atoms with Crippen LogP contribution in [0, 0.1) is 0 Å². The highest BCUT2D eigenvalue weighted by molar-refractivity contribution is 7.99. The van der Waals surface area contributed by atoms with Crippen LogP contribution in [0.1, 0.15) is 10.9 Å². The molecular formula is C17H14ClF3N2O2S. The van der Waals surface area contributed by atoms with Crippen molar-refractivity contribution in [3.05, 3.63) is 59.1 Å². The lowest BCUT2D eigenvalue weighted by Gasteiger charge is -2.25. The van der Waals surface area contributed by atoms with E-state index < -0.39 is 18.1 Å². The predicted octanol–water partition coefficient (Wildman–Crippen LogP) is 5.52. The number of hydrogen-bond acceptors (Lipinski definition) is 3. The van der Waals surface area contributed by atoms with Gasteiger partial charge in [0.1, 0.15) is 5.37 Å². The highest BCUT2D eigenvalue weighted by Crippen LogP contribution is 2.39. The Morgan fingerprint density at radius 2 is 1.88 bits per heavy atom. The number of carbonyl (C=O) groups excluding carboxylic acids is 1. The van der Waals surface area contributed by atoms with Crippen molar-refractivity contribution in [3.63, 3.8) is 0 Å². The molecule has 2 aromatic rings. The first-order chi connectivity index (χ1) is 12.3. The molecule has 0 saturated carbocycles. The van der Waals surface area contributed by atoms with Gasteiger partial charge in [-0.2, -0.15) is 0 Å². The van der Waals surface area contributed by atoms with Crippen molar-refractivity contribution in [1.82, 2.24) is 4.90 Å². The Bertz CT molecular complexity index is 786. The highest BCUT2D eigenvalue weighted by Gasteiger charge is 2.34. The summed E-state index contributed by atoms with van der Waals surface area (Å²) in [6.07, 6.45) is -4.84. The summed E-state index contributed by atoms with van der Waals surface area (Å²) in [6, 6.07) is 12.1. The number of rotatable bonds is 3. The fourth-order valence-corrected chi connectivity index (χ4v) is 3.93. The molecule has 1 heterocycles. The monoisotopic (exact) mass is 402 g/mol. The molecule has 138 valence electrons. The fraction of sp³-hybridized carbons (Fsp3) is 0.235. The van der Waals surface area contributed by atoms with Gasteiger partial charge < -0.3 is 15.0 Å². The SMILES string of the molecule is O=C(Nc1ccccc1OC(F)(F)F)N1CCSC1c1ccc(Cl)cc1. The molecule has 2 aromatic carbocycles. The lowest BCUT2D eigenvalue weighted by Crippen LogP contribution is -2.34. The number of amides is 2. The van der Waals surface area contributed by atoms with Crippen LogP contribution in [-0.2, 0) is 0 Å². The number of anilines is 1. The molecule has 0 aliphatic carbocycles. The third-order valence-corrected chi connectivity index (χ3v) is 5.17. The van der Waals surface area contributed by atoms with Gasteiger partial charge >= 0.3 is 12.4 Å². The Hall–Kier alpha value is -2.06. The summed E-state index contributed by atoms with van der Waals surface area (Å²) in [5.74, 6) is 0.268. The number of nitrogens with one attached hydrogen (secondary N) is 1. The third kappa shape index (κ3) is 4.56. The maximum Gasteiger partial charge on any atom is 0.573 e. The van der Waals surface area contributed by atoms with Crippen molar-refractivity contribution in [3.8, 4) is 5.75 Å². The molecule has 26 heavy (non-hydrogen) atoms. The van der Waals surface area contributed by atoms with Crippen LogP contribution in [0.5, 0.6) is 5.75 Å². The Labute approximate surface area is 157 Å². The van der Waals surface area contributed by atoms with Gasteiger partial charge in [0.2, 0.25) is 0 Å². The smallest absolute Gasteiger partial charge is 0.404 e. The molecule has 1 saturated heterocycles. The fourth-order valence-electron chi connectivity index (χ4n) is 2.55. The summed E-state index contributed by atoms with van der Waals surface area (Å²) in [6.45, 7) is 0.478. The normalized spacial score (nSPS) is 17.2. The summed E-state index contributed by atoms with van der Waals surface area (Å²) in [4.78, 5) is 14.2. The average Bonchev–Trinajstić information content (AvgIpc) is 3.06. The minimum atomic E-state index is -4.84. The van der Waals surface area contributed by atoms with Crippen LogP contribution in [0.15, 0.2) is 48.5 Å². The van der Waals surface area contributed by atoms with E-state index in [2.05, 4.69) is 10.1 Å². The molecule has 4 nitrogen and oxygen atoms in total. The number of alkyl halides is 3. The van der Waals surface area contributed by atoms with Crippen LogP contribution in [0.2, 0.25) is 5.02 Å². The Morgan fingerprint density at radius 3 is 2.58 bits per heavy atom. The van der Waals surface area contributed by atoms with Crippen LogP contribution in [-0.4, -0.2) is 29.6 Å². The van der Waals surface area contributed by atoms with E-state index in [1.54, 1.807) is 28.8 Å². The topological polar surface area (TPSA) is 41.6 Å². The van der Waals surface area contributed by atoms with Crippen molar-refractivity contribution < 1.29 is 22.7 Å². The number of thioether (sulfide) groups is 1. The second kappa shape index (κ2) is 7.67. The van der Waals surface area contributed by atoms with Gasteiger partial charge in [-0.1, -0.05) is 35.9 Å². The largest absolute Gasteiger partial charge is 0.573 e. The number of halogens is 4. The maximum absolute atomic E-state index is 12.6. The van der Waals surface area contributed by atoms with Crippen molar-refractivity contribution in [1.29, 1.82) is 0 Å². The summed E-state index contributed by atoms with van der Waals surface area (Å²) < 4.78 is 41.5. The Balaban J connectivity index is 1.76. The molecule has 0 aromatic heterocycles. The maximum atomic E-state index is 12.6. The Kier molecular flexibility index (Phi) is 5.52. The minimum absolute atomic E-state index is 0.0402. The molecule has 0 bridgehead atoms. The van der Waals surface area contributed by atoms with Gasteiger partial charge in [-0.25, -0.2) is 4.79 Å². The minimum Gasteiger partial charge on any atom is -0.404 e. The van der Waals surface area contributed by atoms with E-state index in [0.717, 1.165) is 17.4 Å². The van der Waals surface area contributed by atoms with Gasteiger partial charge in [0, 0.05) is 17.3 Å². The van der Waals surface area contributed by atoms with Crippen LogP contribution >= 0.6 is 23.4 Å². The van der Waals surface area contributed by atoms with Crippen LogP contribution in [0.4, 0.5) is 23.7 Å². The molecule has 0 radical (unpaired) electrons. The molecule has 2 amide bonds. The first kappa shape index (κ1) is 18.7. The van der Waals surface area contributed by atoms with Crippen molar-refractivity contribution >= 4 is 35.1 Å². The molecule has 9 heteroatoms. The molecule has 1 aliphatic rings. The van der Waals surface area contributed by atoms with Crippen molar-refractivity contribution in [2.24, 2.45) is 0 Å². The molecule has 1 fully saturated rings. The number of hydrogen-bond donors (Lipinski definition) is 1. The van der Waals surface area contributed by atoms with Gasteiger partial charge in [0.15, 0.2) is 5.75 Å². The quantitative estimate of drug-likeness (QED) is 0.735. The predicted molar refractivity (Wildman–Crippen MR) is 95.5 cm³/mol. The molecule has 1 N–H and O–H groups in total. The lowest BCUT2D eigenvalue weighted by atomic mass is 10.2. The number of carbonyl (C=O) groups is 1. The van der Waals surface area contributed by atoms with Gasteiger partial charge in [-0.3, -0.25) is 0 Å². The van der Waals surface area contributed by atoms with Crippen LogP contribution < -0.4 is 10.1 Å². The molecule has 1 aliphatic heterocycles. The highest BCUT2D eigenvalue weighted by atomic mass is 35.5. The second-order valence-corrected chi connectivity index (χ2v) is 7.07. The summed E-state index contributed by atoms with van der Waals surface area (Å²) in [5.41, 5.74) is 0.855. The average molecular weight is 403 g/mol. The van der Waals surface area contributed by atoms with Crippen LogP contribution in [0.3, 0.4) is 0 Å². The van der Waals surface area contributed by atoms with Gasteiger partial charge in [0.25, 0.3) is 0 Å². The molecular weight excluding hydrogens is 389 g/mol. The second-order valence-electron chi connectivity index (χ2n) is 5.44. The number of ether oxygens (including phenoxy) is 1. The number of benzene rings is 2. The summed E-state index contributed by atoms with van der Waals surface area (Å²) in [5, 5.41) is 2.86. The Morgan fingerprint density at radius 1 is 1.19 bits per heavy atom. The number of nitrogens with zero attached hydrogens (tertiary/aromatic N) is 1. The van der Waals surface area contributed by atoms with E-state index in [4.69, 9.17) is 11.6 Å². The van der Waals surface area contributed by atoms with Gasteiger partial charge in [-0.15, -0.1) is 24.9 Å². The van der Waals surface area contributed by atoms with E-state index in [-0.39, 0.29) is 11.1 Å². The molecule has 0 spiro atoms. The third-order valence-electron chi connectivity index (χ3n) is 3.66. The molecule has 1 unspecified atom stereocenters. The zero-order valence-corrected chi connectivity index (χ0v) is 14.9. The van der Waals surface area contributed by atoms with E-state index in [1.165, 1.54) is 18.2 Å². The first-order valence-electron chi connectivity index (χ1n) is 7.63. The van der Waals surface area contributed by atoms with E-state index in [1.807, 2.05) is 12.1 Å². The van der Waals surface area contributed by atoms with E-state index in [9.17, 15) is 18.0 Å². The van der Waals surface area contributed by atoms with Crippen molar-refractivity contribution in [2.45, 2.75) is 11.7 Å². The lowest BCUT2D eigenvalue weighted by molar-refractivity contribution is -0.274. The van der Waals surface area contributed by atoms with Gasteiger partial charge in [0.05, 0.1) is 5.69 Å². The van der Waals surface area contributed by atoms with E-state index in [0.29, 0.717) is 11.6 Å². The molecule has 1 atom stereocenters.